The quantitative estimate of drug-likeness (QED) is 0.761. The van der Waals surface area contributed by atoms with Crippen LogP contribution in [0.15, 0.2) is 0 Å². The van der Waals surface area contributed by atoms with Gasteiger partial charge in [-0.25, -0.2) is 0 Å². The molecule has 0 aromatic heterocycles. The number of hydrogen-bond donors (Lipinski definition) is 2. The van der Waals surface area contributed by atoms with Crippen LogP contribution in [-0.2, 0) is 9.59 Å². The van der Waals surface area contributed by atoms with Gasteiger partial charge >= 0.3 is 5.97 Å². The van der Waals surface area contributed by atoms with Gasteiger partial charge in [0.05, 0.1) is 6.10 Å². The molecule has 4 saturated carbocycles. The van der Waals surface area contributed by atoms with Gasteiger partial charge < -0.3 is 10.2 Å². The van der Waals surface area contributed by atoms with Crippen molar-refractivity contribution in [3.8, 4) is 0 Å². The first-order chi connectivity index (χ1) is 12.8. The highest BCUT2D eigenvalue weighted by Gasteiger charge is 2.61. The molecule has 0 amide bonds. The smallest absolute Gasteiger partial charge is 0.303 e. The Bertz CT molecular complexity index is 615. The minimum Gasteiger partial charge on any atom is -0.481 e. The van der Waals surface area contributed by atoms with Crippen molar-refractivity contribution in [2.75, 3.05) is 0 Å². The summed E-state index contributed by atoms with van der Waals surface area (Å²) < 4.78 is 0. The fourth-order valence-electron chi connectivity index (χ4n) is 7.96. The molecular weight excluding hydrogens is 340 g/mol. The predicted molar refractivity (Wildman–Crippen MR) is 103 cm³/mol. The lowest BCUT2D eigenvalue weighted by atomic mass is 9.44. The largest absolute Gasteiger partial charge is 0.481 e. The SMILES string of the molecule is C[C@]12CC[C@H](CCCC(=O)O)CC1[C@H](O)CC1C2CC[C@]2(C)C(=O)CCC12. The molecule has 0 saturated heterocycles. The maximum atomic E-state index is 12.5. The van der Waals surface area contributed by atoms with Crippen LogP contribution in [0.3, 0.4) is 0 Å². The van der Waals surface area contributed by atoms with Gasteiger partial charge in [0, 0.05) is 18.3 Å². The molecule has 0 radical (unpaired) electrons. The first-order valence-electron chi connectivity index (χ1n) is 11.2. The Kier molecular flexibility index (Phi) is 4.93. The van der Waals surface area contributed by atoms with Crippen LogP contribution in [0.25, 0.3) is 0 Å². The Morgan fingerprint density at radius 3 is 2.59 bits per heavy atom. The lowest BCUT2D eigenvalue weighted by Crippen LogP contribution is -2.57. The fraction of sp³-hybridized carbons (Fsp3) is 0.913. The van der Waals surface area contributed by atoms with E-state index in [0.717, 1.165) is 57.8 Å². The van der Waals surface area contributed by atoms with Crippen LogP contribution in [-0.4, -0.2) is 28.1 Å². The Morgan fingerprint density at radius 2 is 1.85 bits per heavy atom. The van der Waals surface area contributed by atoms with E-state index in [1.165, 1.54) is 6.42 Å². The molecule has 0 aliphatic heterocycles. The van der Waals surface area contributed by atoms with Crippen molar-refractivity contribution in [3.63, 3.8) is 0 Å². The van der Waals surface area contributed by atoms with Gasteiger partial charge in [0.2, 0.25) is 0 Å². The van der Waals surface area contributed by atoms with Gasteiger partial charge in [0.15, 0.2) is 0 Å². The summed E-state index contributed by atoms with van der Waals surface area (Å²) in [6, 6.07) is 0. The molecule has 0 spiro atoms. The topological polar surface area (TPSA) is 74.6 Å². The molecule has 4 rings (SSSR count). The van der Waals surface area contributed by atoms with Crippen LogP contribution in [0.5, 0.6) is 0 Å². The molecule has 4 aliphatic carbocycles. The summed E-state index contributed by atoms with van der Waals surface area (Å²) in [7, 11) is 0. The molecule has 4 fully saturated rings. The van der Waals surface area contributed by atoms with Gasteiger partial charge in [-0.3, -0.25) is 9.59 Å². The summed E-state index contributed by atoms with van der Waals surface area (Å²) in [6.45, 7) is 4.62. The molecule has 0 aromatic rings. The standard InChI is InChI=1S/C23H36O4/c1-22-10-8-14(4-3-5-21(26)27)12-18(22)19(24)13-15-16-6-7-20(25)23(16,2)11-9-17(15)22/h14-19,24H,3-13H2,1-2H3,(H,26,27)/t14-,15?,16?,17?,18?,19+,22+,23-/m0/s1. The number of aliphatic carboxylic acids is 1. The number of aliphatic hydroxyl groups excluding tert-OH is 1. The Morgan fingerprint density at radius 1 is 1.07 bits per heavy atom. The second-order valence-corrected chi connectivity index (χ2v) is 10.6. The van der Waals surface area contributed by atoms with Gasteiger partial charge in [-0.15, -0.1) is 0 Å². The zero-order valence-electron chi connectivity index (χ0n) is 17.0. The number of carbonyl (C=O) groups excluding carboxylic acids is 1. The summed E-state index contributed by atoms with van der Waals surface area (Å²) in [5.74, 6) is 2.32. The zero-order chi connectivity index (χ0) is 19.4. The molecule has 0 aromatic carbocycles. The monoisotopic (exact) mass is 376 g/mol. The summed E-state index contributed by atoms with van der Waals surface area (Å²) >= 11 is 0. The van der Waals surface area contributed by atoms with Crippen LogP contribution in [0.2, 0.25) is 0 Å². The first kappa shape index (κ1) is 19.4. The van der Waals surface area contributed by atoms with E-state index in [0.29, 0.717) is 35.4 Å². The molecule has 0 bridgehead atoms. The molecule has 8 atom stereocenters. The second-order valence-electron chi connectivity index (χ2n) is 10.6. The van der Waals surface area contributed by atoms with Gasteiger partial charge in [-0.05, 0) is 92.8 Å². The molecule has 4 aliphatic rings. The summed E-state index contributed by atoms with van der Waals surface area (Å²) in [5.41, 5.74) is 0.0662. The number of carbonyl (C=O) groups is 2. The highest BCUT2D eigenvalue weighted by Crippen LogP contribution is 2.66. The van der Waals surface area contributed by atoms with Crippen molar-refractivity contribution in [3.05, 3.63) is 0 Å². The van der Waals surface area contributed by atoms with Crippen molar-refractivity contribution in [1.29, 1.82) is 0 Å². The number of rotatable bonds is 4. The third-order valence-electron chi connectivity index (χ3n) is 9.50. The van der Waals surface area contributed by atoms with Crippen molar-refractivity contribution in [1.82, 2.24) is 0 Å². The molecule has 2 N–H and O–H groups in total. The maximum absolute atomic E-state index is 12.5. The van der Waals surface area contributed by atoms with E-state index in [2.05, 4.69) is 13.8 Å². The van der Waals surface area contributed by atoms with E-state index in [1.54, 1.807) is 0 Å². The van der Waals surface area contributed by atoms with Crippen molar-refractivity contribution >= 4 is 11.8 Å². The van der Waals surface area contributed by atoms with Crippen molar-refractivity contribution in [2.24, 2.45) is 40.4 Å². The van der Waals surface area contributed by atoms with Crippen LogP contribution in [0, 0.1) is 40.4 Å². The average molecular weight is 377 g/mol. The maximum Gasteiger partial charge on any atom is 0.303 e. The zero-order valence-corrected chi connectivity index (χ0v) is 17.0. The first-order valence-corrected chi connectivity index (χ1v) is 11.2. The number of aliphatic hydroxyl groups is 1. The third-order valence-corrected chi connectivity index (χ3v) is 9.50. The summed E-state index contributed by atoms with van der Waals surface area (Å²) in [4.78, 5) is 23.3. The Labute approximate surface area is 163 Å². The van der Waals surface area contributed by atoms with Gasteiger partial charge in [-0.1, -0.05) is 13.8 Å². The number of fused-ring (bicyclic) bond motifs is 5. The minimum absolute atomic E-state index is 0.127. The van der Waals surface area contributed by atoms with Crippen LogP contribution in [0.4, 0.5) is 0 Å². The van der Waals surface area contributed by atoms with E-state index in [-0.39, 0.29) is 23.4 Å². The lowest BCUT2D eigenvalue weighted by molar-refractivity contribution is -0.165. The minimum atomic E-state index is -0.701. The van der Waals surface area contributed by atoms with E-state index in [9.17, 15) is 14.7 Å². The molecule has 4 nitrogen and oxygen atoms in total. The molecule has 27 heavy (non-hydrogen) atoms. The number of ketones is 1. The van der Waals surface area contributed by atoms with Crippen molar-refractivity contribution < 1.29 is 19.8 Å². The van der Waals surface area contributed by atoms with Crippen LogP contribution < -0.4 is 0 Å². The fourth-order valence-corrected chi connectivity index (χ4v) is 7.96. The number of carboxylic acid groups (broad SMARTS) is 1. The summed E-state index contributed by atoms with van der Waals surface area (Å²) in [6.07, 6.45) is 9.97. The van der Waals surface area contributed by atoms with E-state index >= 15 is 0 Å². The normalized spacial score (nSPS) is 49.2. The second kappa shape index (κ2) is 6.86. The average Bonchev–Trinajstić information content (AvgIpc) is 2.91. The molecule has 4 heteroatoms. The highest BCUT2D eigenvalue weighted by molar-refractivity contribution is 5.87. The highest BCUT2D eigenvalue weighted by atomic mass is 16.4. The van der Waals surface area contributed by atoms with E-state index in [1.807, 2.05) is 0 Å². The van der Waals surface area contributed by atoms with E-state index < -0.39 is 5.97 Å². The molecule has 152 valence electrons. The predicted octanol–water partition coefficient (Wildman–Crippen LogP) is 4.44. The number of carboxylic acids is 1. The van der Waals surface area contributed by atoms with Crippen LogP contribution >= 0.6 is 0 Å². The molecule has 0 heterocycles. The number of Topliss-reactive ketones (excluding diaryl/α,β-unsaturated/α-hetero) is 1. The summed E-state index contributed by atoms with van der Waals surface area (Å²) in [5, 5.41) is 20.0. The van der Waals surface area contributed by atoms with Gasteiger partial charge in [-0.2, -0.15) is 0 Å². The third kappa shape index (κ3) is 3.07. The molecular formula is C23H36O4. The number of hydrogen-bond acceptors (Lipinski definition) is 3. The van der Waals surface area contributed by atoms with E-state index in [4.69, 9.17) is 5.11 Å². The Hall–Kier alpha value is -0.900. The van der Waals surface area contributed by atoms with Gasteiger partial charge in [0.25, 0.3) is 0 Å². The van der Waals surface area contributed by atoms with Crippen LogP contribution in [0.1, 0.15) is 84.5 Å². The molecule has 4 unspecified atom stereocenters. The van der Waals surface area contributed by atoms with Crippen molar-refractivity contribution in [2.45, 2.75) is 90.6 Å². The Balaban J connectivity index is 1.49. The lowest BCUT2D eigenvalue weighted by Gasteiger charge is -2.61. The van der Waals surface area contributed by atoms with Gasteiger partial charge in [0.1, 0.15) is 5.78 Å².